The SMILES string of the molecule is CCc1ccc(CNC(=O)C(NC)c2cnn(C)c2)s1. The van der Waals surface area contributed by atoms with Crippen LogP contribution >= 0.6 is 11.3 Å². The average molecular weight is 292 g/mol. The Kier molecular flexibility index (Phi) is 4.92. The largest absolute Gasteiger partial charge is 0.350 e. The molecular weight excluding hydrogens is 272 g/mol. The molecule has 2 heterocycles. The number of amides is 1. The van der Waals surface area contributed by atoms with Gasteiger partial charge in [0.15, 0.2) is 0 Å². The van der Waals surface area contributed by atoms with Crippen molar-refractivity contribution in [1.29, 1.82) is 0 Å². The van der Waals surface area contributed by atoms with Crippen LogP contribution < -0.4 is 10.6 Å². The Morgan fingerprint density at radius 1 is 1.45 bits per heavy atom. The quantitative estimate of drug-likeness (QED) is 0.850. The Balaban J connectivity index is 1.95. The molecule has 1 amide bonds. The molecule has 0 saturated heterocycles. The molecular formula is C14H20N4OS. The summed E-state index contributed by atoms with van der Waals surface area (Å²) in [6.45, 7) is 2.70. The van der Waals surface area contributed by atoms with Crippen LogP contribution in [0.1, 0.15) is 28.3 Å². The maximum absolute atomic E-state index is 12.2. The van der Waals surface area contributed by atoms with Gasteiger partial charge in [-0.1, -0.05) is 6.92 Å². The Morgan fingerprint density at radius 3 is 2.75 bits per heavy atom. The lowest BCUT2D eigenvalue weighted by Crippen LogP contribution is -2.35. The Labute approximate surface area is 123 Å². The molecule has 108 valence electrons. The van der Waals surface area contributed by atoms with Crippen molar-refractivity contribution in [3.63, 3.8) is 0 Å². The lowest BCUT2D eigenvalue weighted by molar-refractivity contribution is -0.123. The minimum Gasteiger partial charge on any atom is -0.350 e. The van der Waals surface area contributed by atoms with Crippen LogP contribution in [0.25, 0.3) is 0 Å². The summed E-state index contributed by atoms with van der Waals surface area (Å²) in [6, 6.07) is 3.82. The van der Waals surface area contributed by atoms with E-state index < -0.39 is 0 Å². The summed E-state index contributed by atoms with van der Waals surface area (Å²) in [4.78, 5) is 14.7. The molecule has 0 aliphatic carbocycles. The van der Waals surface area contributed by atoms with Gasteiger partial charge >= 0.3 is 0 Å². The molecule has 0 saturated carbocycles. The van der Waals surface area contributed by atoms with E-state index in [-0.39, 0.29) is 11.9 Å². The lowest BCUT2D eigenvalue weighted by atomic mass is 10.1. The van der Waals surface area contributed by atoms with E-state index in [2.05, 4.69) is 34.8 Å². The number of hydrogen-bond donors (Lipinski definition) is 2. The summed E-state index contributed by atoms with van der Waals surface area (Å²) in [5.74, 6) is -0.0352. The van der Waals surface area contributed by atoms with Crippen molar-refractivity contribution >= 4 is 17.2 Å². The molecule has 5 nitrogen and oxygen atoms in total. The molecule has 0 aromatic carbocycles. The Bertz CT molecular complexity index is 575. The first-order valence-electron chi connectivity index (χ1n) is 6.65. The van der Waals surface area contributed by atoms with Crippen molar-refractivity contribution in [2.45, 2.75) is 25.9 Å². The van der Waals surface area contributed by atoms with Crippen molar-refractivity contribution in [2.75, 3.05) is 7.05 Å². The van der Waals surface area contributed by atoms with Gasteiger partial charge in [0.1, 0.15) is 6.04 Å². The number of hydrogen-bond acceptors (Lipinski definition) is 4. The fourth-order valence-corrected chi connectivity index (χ4v) is 2.92. The highest BCUT2D eigenvalue weighted by molar-refractivity contribution is 7.11. The van der Waals surface area contributed by atoms with E-state index in [1.807, 2.05) is 13.2 Å². The van der Waals surface area contributed by atoms with Crippen LogP contribution in [0.3, 0.4) is 0 Å². The standard InChI is InChI=1S/C14H20N4OS/c1-4-11-5-6-12(20-11)8-16-14(19)13(15-2)10-7-17-18(3)9-10/h5-7,9,13,15H,4,8H2,1-3H3,(H,16,19). The number of rotatable bonds is 6. The smallest absolute Gasteiger partial charge is 0.242 e. The second kappa shape index (κ2) is 6.67. The fraction of sp³-hybridized carbons (Fsp3) is 0.429. The first-order chi connectivity index (χ1) is 9.63. The number of thiophene rings is 1. The second-order valence-electron chi connectivity index (χ2n) is 4.61. The lowest BCUT2D eigenvalue weighted by Gasteiger charge is -2.14. The van der Waals surface area contributed by atoms with E-state index >= 15 is 0 Å². The zero-order valence-electron chi connectivity index (χ0n) is 12.0. The predicted octanol–water partition coefficient (Wildman–Crippen LogP) is 1.62. The third kappa shape index (κ3) is 3.46. The molecule has 2 N–H and O–H groups in total. The monoisotopic (exact) mass is 292 g/mol. The van der Waals surface area contributed by atoms with Gasteiger partial charge in [-0.2, -0.15) is 5.10 Å². The fourth-order valence-electron chi connectivity index (χ4n) is 2.02. The number of likely N-dealkylation sites (N-methyl/N-ethyl adjacent to an activating group) is 1. The Hall–Kier alpha value is -1.66. The topological polar surface area (TPSA) is 59.0 Å². The van der Waals surface area contributed by atoms with Crippen LogP contribution in [0.2, 0.25) is 0 Å². The van der Waals surface area contributed by atoms with Crippen molar-refractivity contribution in [2.24, 2.45) is 7.05 Å². The number of nitrogens with zero attached hydrogens (tertiary/aromatic N) is 2. The number of carbonyl (C=O) groups is 1. The molecule has 2 rings (SSSR count). The van der Waals surface area contributed by atoms with Gasteiger partial charge in [-0.15, -0.1) is 11.3 Å². The highest BCUT2D eigenvalue weighted by atomic mass is 32.1. The van der Waals surface area contributed by atoms with Gasteiger partial charge in [-0.3, -0.25) is 9.48 Å². The summed E-state index contributed by atoms with van der Waals surface area (Å²) in [6.07, 6.45) is 4.59. The third-order valence-corrected chi connectivity index (χ3v) is 4.34. The second-order valence-corrected chi connectivity index (χ2v) is 5.86. The zero-order valence-corrected chi connectivity index (χ0v) is 12.8. The number of nitrogens with one attached hydrogen (secondary N) is 2. The molecule has 1 unspecified atom stereocenters. The van der Waals surface area contributed by atoms with E-state index in [1.54, 1.807) is 29.3 Å². The van der Waals surface area contributed by atoms with Gasteiger partial charge < -0.3 is 10.6 Å². The summed E-state index contributed by atoms with van der Waals surface area (Å²) in [7, 11) is 3.61. The van der Waals surface area contributed by atoms with Crippen molar-refractivity contribution in [3.8, 4) is 0 Å². The molecule has 2 aromatic rings. The van der Waals surface area contributed by atoms with Gasteiger partial charge in [0.2, 0.25) is 5.91 Å². The zero-order chi connectivity index (χ0) is 14.5. The van der Waals surface area contributed by atoms with E-state index in [0.717, 1.165) is 12.0 Å². The first-order valence-corrected chi connectivity index (χ1v) is 7.46. The van der Waals surface area contributed by atoms with Crippen LogP contribution in [0.5, 0.6) is 0 Å². The van der Waals surface area contributed by atoms with Gasteiger partial charge in [-0.25, -0.2) is 0 Å². The molecule has 20 heavy (non-hydrogen) atoms. The van der Waals surface area contributed by atoms with Crippen LogP contribution in [0.15, 0.2) is 24.5 Å². The van der Waals surface area contributed by atoms with Crippen molar-refractivity contribution in [1.82, 2.24) is 20.4 Å². The normalized spacial score (nSPS) is 12.3. The molecule has 0 aliphatic rings. The van der Waals surface area contributed by atoms with Crippen LogP contribution in [0.4, 0.5) is 0 Å². The van der Waals surface area contributed by atoms with Gasteiger partial charge in [0.05, 0.1) is 12.7 Å². The van der Waals surface area contributed by atoms with E-state index in [1.165, 1.54) is 9.75 Å². The van der Waals surface area contributed by atoms with E-state index in [0.29, 0.717) is 6.54 Å². The summed E-state index contributed by atoms with van der Waals surface area (Å²) in [5.41, 5.74) is 0.868. The summed E-state index contributed by atoms with van der Waals surface area (Å²) < 4.78 is 1.69. The number of carbonyl (C=O) groups excluding carboxylic acids is 1. The minimum absolute atomic E-state index is 0.0352. The molecule has 0 fully saturated rings. The molecule has 0 spiro atoms. The third-order valence-electron chi connectivity index (χ3n) is 3.11. The molecule has 1 atom stereocenters. The highest BCUT2D eigenvalue weighted by Gasteiger charge is 2.19. The van der Waals surface area contributed by atoms with Crippen molar-refractivity contribution < 1.29 is 4.79 Å². The summed E-state index contributed by atoms with van der Waals surface area (Å²) >= 11 is 1.74. The van der Waals surface area contributed by atoms with Gasteiger partial charge in [0.25, 0.3) is 0 Å². The van der Waals surface area contributed by atoms with E-state index in [9.17, 15) is 4.79 Å². The van der Waals surface area contributed by atoms with Crippen molar-refractivity contribution in [3.05, 3.63) is 39.8 Å². The maximum atomic E-state index is 12.2. The summed E-state index contributed by atoms with van der Waals surface area (Å²) in [5, 5.41) is 10.1. The predicted molar refractivity (Wildman–Crippen MR) is 80.6 cm³/mol. The molecule has 6 heteroatoms. The van der Waals surface area contributed by atoms with E-state index in [4.69, 9.17) is 0 Å². The maximum Gasteiger partial charge on any atom is 0.242 e. The van der Waals surface area contributed by atoms with Gasteiger partial charge in [0, 0.05) is 28.6 Å². The molecule has 0 aliphatic heterocycles. The molecule has 0 bridgehead atoms. The molecule has 0 radical (unpaired) electrons. The highest BCUT2D eigenvalue weighted by Crippen LogP contribution is 2.17. The Morgan fingerprint density at radius 2 is 2.20 bits per heavy atom. The molecule has 2 aromatic heterocycles. The van der Waals surface area contributed by atoms with Crippen LogP contribution in [-0.4, -0.2) is 22.7 Å². The minimum atomic E-state index is -0.366. The number of aryl methyl sites for hydroxylation is 2. The van der Waals surface area contributed by atoms with Gasteiger partial charge in [-0.05, 0) is 25.6 Å². The first kappa shape index (κ1) is 14.7. The average Bonchev–Trinajstić information content (AvgIpc) is 3.06. The number of aromatic nitrogens is 2. The van der Waals surface area contributed by atoms with Crippen LogP contribution in [0, 0.1) is 0 Å². The van der Waals surface area contributed by atoms with Crippen LogP contribution in [-0.2, 0) is 24.8 Å².